The van der Waals surface area contributed by atoms with Crippen LogP contribution in [0.4, 0.5) is 5.82 Å². The summed E-state index contributed by atoms with van der Waals surface area (Å²) in [6.45, 7) is 2.27. The molecule has 1 saturated heterocycles. The van der Waals surface area contributed by atoms with Gasteiger partial charge in [-0.25, -0.2) is 9.97 Å². The molecule has 3 nitrogen and oxygen atoms in total. The van der Waals surface area contributed by atoms with E-state index < -0.39 is 0 Å². The summed E-state index contributed by atoms with van der Waals surface area (Å²) in [7, 11) is 0. The molecule has 2 aromatic rings. The Morgan fingerprint density at radius 2 is 2.12 bits per heavy atom. The molecule has 0 unspecified atom stereocenters. The summed E-state index contributed by atoms with van der Waals surface area (Å²) >= 11 is 3.32. The lowest BCUT2D eigenvalue weighted by molar-refractivity contribution is 0.901. The Morgan fingerprint density at radius 1 is 1.31 bits per heavy atom. The molecule has 1 aliphatic heterocycles. The standard InChI is InChI=1S/C11H13N3S2/c1-15-11-12-9(14-5-2-3-6-14)8-4-7-16-10(8)13-11/h4,7H,2-3,5-6H2,1H3. The fourth-order valence-corrected chi connectivity index (χ4v) is 3.26. The minimum atomic E-state index is 0.886. The molecular formula is C11H13N3S2. The van der Waals surface area contributed by atoms with Gasteiger partial charge in [-0.15, -0.1) is 11.3 Å². The number of rotatable bonds is 2. The minimum Gasteiger partial charge on any atom is -0.356 e. The maximum absolute atomic E-state index is 4.66. The van der Waals surface area contributed by atoms with Crippen LogP contribution in [0.3, 0.4) is 0 Å². The highest BCUT2D eigenvalue weighted by Crippen LogP contribution is 2.31. The van der Waals surface area contributed by atoms with E-state index >= 15 is 0 Å². The van der Waals surface area contributed by atoms with Crippen LogP contribution in [0.2, 0.25) is 0 Å². The van der Waals surface area contributed by atoms with E-state index in [0.29, 0.717) is 0 Å². The maximum Gasteiger partial charge on any atom is 0.190 e. The first kappa shape index (κ1) is 10.4. The van der Waals surface area contributed by atoms with Crippen LogP contribution in [0.1, 0.15) is 12.8 Å². The molecule has 0 aromatic carbocycles. The summed E-state index contributed by atoms with van der Waals surface area (Å²) in [6.07, 6.45) is 4.59. The second-order valence-corrected chi connectivity index (χ2v) is 5.54. The summed E-state index contributed by atoms with van der Waals surface area (Å²) in [4.78, 5) is 12.7. The summed E-state index contributed by atoms with van der Waals surface area (Å²) in [5.74, 6) is 1.13. The molecule has 3 heterocycles. The maximum atomic E-state index is 4.66. The van der Waals surface area contributed by atoms with Gasteiger partial charge in [-0.05, 0) is 30.5 Å². The molecule has 5 heteroatoms. The highest BCUT2D eigenvalue weighted by Gasteiger charge is 2.18. The van der Waals surface area contributed by atoms with Gasteiger partial charge in [0.15, 0.2) is 5.16 Å². The smallest absolute Gasteiger partial charge is 0.190 e. The predicted molar refractivity (Wildman–Crippen MR) is 70.6 cm³/mol. The van der Waals surface area contributed by atoms with E-state index in [-0.39, 0.29) is 0 Å². The van der Waals surface area contributed by atoms with Crippen LogP contribution in [-0.4, -0.2) is 29.3 Å². The monoisotopic (exact) mass is 251 g/mol. The second-order valence-electron chi connectivity index (χ2n) is 3.87. The van der Waals surface area contributed by atoms with Crippen LogP contribution in [0, 0.1) is 0 Å². The third-order valence-electron chi connectivity index (χ3n) is 2.87. The van der Waals surface area contributed by atoms with Gasteiger partial charge in [0.1, 0.15) is 10.6 Å². The third-order valence-corrected chi connectivity index (χ3v) is 4.23. The van der Waals surface area contributed by atoms with E-state index in [1.54, 1.807) is 23.1 Å². The van der Waals surface area contributed by atoms with E-state index in [1.807, 2.05) is 6.26 Å². The molecule has 0 aliphatic carbocycles. The van der Waals surface area contributed by atoms with Gasteiger partial charge in [0.2, 0.25) is 0 Å². The Kier molecular flexibility index (Phi) is 2.73. The third kappa shape index (κ3) is 1.68. The predicted octanol–water partition coefficient (Wildman–Crippen LogP) is 3.01. The first-order chi connectivity index (χ1) is 7.88. The Hall–Kier alpha value is -0.810. The number of aromatic nitrogens is 2. The zero-order valence-electron chi connectivity index (χ0n) is 9.14. The van der Waals surface area contributed by atoms with Gasteiger partial charge >= 0.3 is 0 Å². The zero-order valence-corrected chi connectivity index (χ0v) is 10.8. The van der Waals surface area contributed by atoms with Crippen molar-refractivity contribution in [1.29, 1.82) is 0 Å². The molecule has 3 rings (SSSR count). The number of hydrogen-bond donors (Lipinski definition) is 0. The average Bonchev–Trinajstić information content (AvgIpc) is 2.98. The first-order valence-electron chi connectivity index (χ1n) is 5.42. The average molecular weight is 251 g/mol. The van der Waals surface area contributed by atoms with E-state index in [0.717, 1.165) is 28.9 Å². The van der Waals surface area contributed by atoms with E-state index in [9.17, 15) is 0 Å². The molecule has 84 valence electrons. The number of thioether (sulfide) groups is 1. The lowest BCUT2D eigenvalue weighted by Gasteiger charge is -2.17. The summed E-state index contributed by atoms with van der Waals surface area (Å²) in [5.41, 5.74) is 0. The van der Waals surface area contributed by atoms with Crippen molar-refractivity contribution < 1.29 is 0 Å². The van der Waals surface area contributed by atoms with Gasteiger partial charge in [-0.2, -0.15) is 0 Å². The normalized spacial score (nSPS) is 16.2. The molecule has 1 aliphatic rings. The van der Waals surface area contributed by atoms with Crippen molar-refractivity contribution in [3.05, 3.63) is 11.4 Å². The van der Waals surface area contributed by atoms with E-state index in [4.69, 9.17) is 0 Å². The van der Waals surface area contributed by atoms with Gasteiger partial charge in [0.25, 0.3) is 0 Å². The molecule has 0 radical (unpaired) electrons. The number of anilines is 1. The molecule has 1 fully saturated rings. The molecule has 0 atom stereocenters. The number of nitrogens with zero attached hydrogens (tertiary/aromatic N) is 3. The highest BCUT2D eigenvalue weighted by molar-refractivity contribution is 7.98. The van der Waals surface area contributed by atoms with Crippen LogP contribution < -0.4 is 4.90 Å². The van der Waals surface area contributed by atoms with Crippen molar-refractivity contribution >= 4 is 39.1 Å². The molecule has 16 heavy (non-hydrogen) atoms. The van der Waals surface area contributed by atoms with Crippen molar-refractivity contribution in [2.75, 3.05) is 24.2 Å². The highest BCUT2D eigenvalue weighted by atomic mass is 32.2. The summed E-state index contributed by atoms with van der Waals surface area (Å²) in [6, 6.07) is 2.14. The SMILES string of the molecule is CSc1nc(N2CCCC2)c2ccsc2n1. The van der Waals surface area contributed by atoms with Crippen LogP contribution in [0.5, 0.6) is 0 Å². The lowest BCUT2D eigenvalue weighted by Crippen LogP contribution is -2.19. The van der Waals surface area contributed by atoms with Gasteiger partial charge in [0, 0.05) is 13.1 Å². The minimum absolute atomic E-state index is 0.886. The Bertz CT molecular complexity index is 503. The van der Waals surface area contributed by atoms with Crippen molar-refractivity contribution in [3.63, 3.8) is 0 Å². The van der Waals surface area contributed by atoms with Crippen molar-refractivity contribution in [3.8, 4) is 0 Å². The molecule has 0 amide bonds. The lowest BCUT2D eigenvalue weighted by atomic mass is 10.3. The summed E-state index contributed by atoms with van der Waals surface area (Å²) in [5, 5.41) is 4.20. The van der Waals surface area contributed by atoms with Crippen molar-refractivity contribution in [2.24, 2.45) is 0 Å². The van der Waals surface area contributed by atoms with Crippen molar-refractivity contribution in [2.45, 2.75) is 18.0 Å². The molecule has 0 bridgehead atoms. The molecule has 2 aromatic heterocycles. The van der Waals surface area contributed by atoms with Gasteiger partial charge in [-0.3, -0.25) is 0 Å². The van der Waals surface area contributed by atoms with Crippen LogP contribution in [-0.2, 0) is 0 Å². The quantitative estimate of drug-likeness (QED) is 0.606. The largest absolute Gasteiger partial charge is 0.356 e. The Balaban J connectivity index is 2.15. The number of hydrogen-bond acceptors (Lipinski definition) is 5. The van der Waals surface area contributed by atoms with Crippen molar-refractivity contribution in [1.82, 2.24) is 9.97 Å². The fourth-order valence-electron chi connectivity index (χ4n) is 2.08. The van der Waals surface area contributed by atoms with E-state index in [1.165, 1.54) is 18.2 Å². The van der Waals surface area contributed by atoms with Gasteiger partial charge in [-0.1, -0.05) is 11.8 Å². The fraction of sp³-hybridized carbons (Fsp3) is 0.455. The van der Waals surface area contributed by atoms with Crippen LogP contribution in [0.25, 0.3) is 10.2 Å². The molecule has 0 spiro atoms. The van der Waals surface area contributed by atoms with E-state index in [2.05, 4.69) is 26.3 Å². The Labute approximate surface area is 103 Å². The molecular weight excluding hydrogens is 238 g/mol. The van der Waals surface area contributed by atoms with Gasteiger partial charge < -0.3 is 4.90 Å². The molecule has 0 N–H and O–H groups in total. The number of fused-ring (bicyclic) bond motifs is 1. The summed E-state index contributed by atoms with van der Waals surface area (Å²) < 4.78 is 0. The zero-order chi connectivity index (χ0) is 11.0. The number of thiophene rings is 1. The van der Waals surface area contributed by atoms with Crippen LogP contribution in [0.15, 0.2) is 16.6 Å². The second kappa shape index (κ2) is 4.22. The topological polar surface area (TPSA) is 29.0 Å². The van der Waals surface area contributed by atoms with Gasteiger partial charge in [0.05, 0.1) is 5.39 Å². The first-order valence-corrected chi connectivity index (χ1v) is 7.53. The molecule has 0 saturated carbocycles. The van der Waals surface area contributed by atoms with Crippen LogP contribution >= 0.6 is 23.1 Å². The Morgan fingerprint density at radius 3 is 2.88 bits per heavy atom.